The molecule has 3 heterocycles. The molecule has 1 amide bonds. The first kappa shape index (κ1) is 27.0. The number of benzene rings is 2. The molecule has 0 unspecified atom stereocenters. The van der Waals surface area contributed by atoms with Crippen LogP contribution in [0.5, 0.6) is 0 Å². The van der Waals surface area contributed by atoms with Crippen LogP contribution in [0.3, 0.4) is 0 Å². The largest absolute Gasteiger partial charge is 0.355 e. The Morgan fingerprint density at radius 1 is 1.00 bits per heavy atom. The van der Waals surface area contributed by atoms with Gasteiger partial charge in [0.15, 0.2) is 5.65 Å². The summed E-state index contributed by atoms with van der Waals surface area (Å²) in [7, 11) is 0. The van der Waals surface area contributed by atoms with E-state index in [0.29, 0.717) is 19.4 Å². The number of nitrogens with one attached hydrogen (secondary N) is 1. The summed E-state index contributed by atoms with van der Waals surface area (Å²) in [6, 6.07) is 17.2. The third-order valence-corrected chi connectivity index (χ3v) is 8.06. The Hall–Kier alpha value is -3.58. The summed E-state index contributed by atoms with van der Waals surface area (Å²) in [6.07, 6.45) is 4.62. The van der Waals surface area contributed by atoms with E-state index >= 15 is 0 Å². The van der Waals surface area contributed by atoms with Crippen LogP contribution in [0.15, 0.2) is 54.6 Å². The zero-order chi connectivity index (χ0) is 27.4. The minimum atomic E-state index is -0.267. The summed E-state index contributed by atoms with van der Waals surface area (Å²) in [5, 5.41) is 7.84. The van der Waals surface area contributed by atoms with Crippen molar-refractivity contribution in [1.82, 2.24) is 24.8 Å². The SMILES string of the molecule is Cc1nc2c(-c3ccc(F)cc3)c(C)nn2c(C)c1CCC(=O)NCCN1CCC(Cc2ccccc2)CC1. The van der Waals surface area contributed by atoms with Crippen molar-refractivity contribution in [2.45, 2.75) is 52.9 Å². The molecule has 7 heteroatoms. The monoisotopic (exact) mass is 527 g/mol. The van der Waals surface area contributed by atoms with Gasteiger partial charge in [0, 0.05) is 36.5 Å². The molecular formula is C32H38FN5O. The van der Waals surface area contributed by atoms with Crippen molar-refractivity contribution in [3.8, 4) is 11.1 Å². The molecule has 1 saturated heterocycles. The van der Waals surface area contributed by atoms with Crippen LogP contribution in [-0.4, -0.2) is 51.6 Å². The number of likely N-dealkylation sites (tertiary alicyclic amines) is 1. The zero-order valence-corrected chi connectivity index (χ0v) is 23.2. The van der Waals surface area contributed by atoms with E-state index in [0.717, 1.165) is 71.4 Å². The lowest BCUT2D eigenvalue weighted by Gasteiger charge is -2.32. The minimum Gasteiger partial charge on any atom is -0.355 e. The lowest BCUT2D eigenvalue weighted by atomic mass is 9.90. The number of rotatable bonds is 9. The molecule has 5 rings (SSSR count). The van der Waals surface area contributed by atoms with Gasteiger partial charge in [-0.25, -0.2) is 13.9 Å². The highest BCUT2D eigenvalue weighted by molar-refractivity contribution is 5.80. The van der Waals surface area contributed by atoms with Crippen LogP contribution in [-0.2, 0) is 17.6 Å². The smallest absolute Gasteiger partial charge is 0.220 e. The highest BCUT2D eigenvalue weighted by Gasteiger charge is 2.20. The van der Waals surface area contributed by atoms with Gasteiger partial charge >= 0.3 is 0 Å². The van der Waals surface area contributed by atoms with Crippen molar-refractivity contribution in [2.75, 3.05) is 26.2 Å². The third kappa shape index (κ3) is 6.36. The van der Waals surface area contributed by atoms with Crippen LogP contribution in [0.4, 0.5) is 4.39 Å². The highest BCUT2D eigenvalue weighted by Crippen LogP contribution is 2.29. The fourth-order valence-corrected chi connectivity index (χ4v) is 5.83. The average molecular weight is 528 g/mol. The molecule has 1 N–H and O–H groups in total. The Morgan fingerprint density at radius 2 is 1.72 bits per heavy atom. The second-order valence-corrected chi connectivity index (χ2v) is 10.8. The fourth-order valence-electron chi connectivity index (χ4n) is 5.83. The van der Waals surface area contributed by atoms with E-state index in [1.54, 1.807) is 12.1 Å². The van der Waals surface area contributed by atoms with Gasteiger partial charge < -0.3 is 10.2 Å². The lowest BCUT2D eigenvalue weighted by Crippen LogP contribution is -2.40. The van der Waals surface area contributed by atoms with Crippen molar-refractivity contribution in [1.29, 1.82) is 0 Å². The van der Waals surface area contributed by atoms with Crippen LogP contribution >= 0.6 is 0 Å². The van der Waals surface area contributed by atoms with Crippen LogP contribution < -0.4 is 5.32 Å². The van der Waals surface area contributed by atoms with Crippen molar-refractivity contribution in [2.24, 2.45) is 5.92 Å². The maximum atomic E-state index is 13.5. The maximum absolute atomic E-state index is 13.5. The molecule has 0 saturated carbocycles. The maximum Gasteiger partial charge on any atom is 0.220 e. The molecule has 2 aromatic heterocycles. The Morgan fingerprint density at radius 3 is 2.44 bits per heavy atom. The molecule has 0 spiro atoms. The van der Waals surface area contributed by atoms with Crippen LogP contribution in [0, 0.1) is 32.5 Å². The van der Waals surface area contributed by atoms with E-state index in [1.165, 1.54) is 30.5 Å². The Balaban J connectivity index is 1.12. The van der Waals surface area contributed by atoms with Gasteiger partial charge in [0.05, 0.1) is 5.69 Å². The van der Waals surface area contributed by atoms with Crippen LogP contribution in [0.25, 0.3) is 16.8 Å². The van der Waals surface area contributed by atoms with Gasteiger partial charge in [-0.3, -0.25) is 4.79 Å². The molecule has 4 aromatic rings. The number of carbonyl (C=O) groups is 1. The second kappa shape index (κ2) is 12.1. The number of aryl methyl sites for hydroxylation is 3. The summed E-state index contributed by atoms with van der Waals surface area (Å²) < 4.78 is 15.3. The van der Waals surface area contributed by atoms with Crippen molar-refractivity contribution in [3.63, 3.8) is 0 Å². The minimum absolute atomic E-state index is 0.0662. The van der Waals surface area contributed by atoms with Crippen molar-refractivity contribution < 1.29 is 9.18 Å². The predicted molar refractivity (Wildman–Crippen MR) is 153 cm³/mol. The molecule has 204 valence electrons. The third-order valence-electron chi connectivity index (χ3n) is 8.06. The van der Waals surface area contributed by atoms with E-state index in [-0.39, 0.29) is 11.7 Å². The summed E-state index contributed by atoms with van der Waals surface area (Å²) in [6.45, 7) is 9.73. The molecule has 0 bridgehead atoms. The number of piperidine rings is 1. The van der Waals surface area contributed by atoms with Crippen molar-refractivity contribution in [3.05, 3.63) is 88.6 Å². The Labute approximate surface area is 230 Å². The number of aromatic nitrogens is 3. The summed E-state index contributed by atoms with van der Waals surface area (Å²) in [5.74, 6) is 0.551. The first-order valence-electron chi connectivity index (χ1n) is 14.0. The number of hydrogen-bond donors (Lipinski definition) is 1. The predicted octanol–water partition coefficient (Wildman–Crippen LogP) is 5.46. The first-order valence-corrected chi connectivity index (χ1v) is 14.0. The van der Waals surface area contributed by atoms with Gasteiger partial charge in [-0.2, -0.15) is 5.10 Å². The topological polar surface area (TPSA) is 62.5 Å². The Bertz CT molecular complexity index is 1420. The average Bonchev–Trinajstić information content (AvgIpc) is 3.26. The van der Waals surface area contributed by atoms with Gasteiger partial charge in [0.2, 0.25) is 5.91 Å². The van der Waals surface area contributed by atoms with E-state index in [2.05, 4.69) is 40.5 Å². The lowest BCUT2D eigenvalue weighted by molar-refractivity contribution is -0.121. The molecule has 39 heavy (non-hydrogen) atoms. The second-order valence-electron chi connectivity index (χ2n) is 10.8. The number of carbonyl (C=O) groups excluding carboxylic acids is 1. The molecule has 0 radical (unpaired) electrons. The van der Waals surface area contributed by atoms with E-state index < -0.39 is 0 Å². The van der Waals surface area contributed by atoms with E-state index in [1.807, 2.05) is 25.3 Å². The molecule has 1 aliphatic heterocycles. The number of fused-ring (bicyclic) bond motifs is 1. The summed E-state index contributed by atoms with van der Waals surface area (Å²) >= 11 is 0. The quantitative estimate of drug-likeness (QED) is 0.314. The number of amides is 1. The molecule has 0 aliphatic carbocycles. The summed E-state index contributed by atoms with van der Waals surface area (Å²) in [5.41, 5.74) is 7.77. The standard InChI is InChI=1S/C32H38FN5O/c1-22-29(24(3)38-32(35-22)31(23(2)36-38)27-9-11-28(33)12-10-27)13-14-30(39)34-17-20-37-18-15-26(16-19-37)21-25-7-5-4-6-8-25/h4-12,26H,13-21H2,1-3H3,(H,34,39). The highest BCUT2D eigenvalue weighted by atomic mass is 19.1. The first-order chi connectivity index (χ1) is 18.9. The number of hydrogen-bond acceptors (Lipinski definition) is 4. The molecule has 2 aromatic carbocycles. The summed E-state index contributed by atoms with van der Waals surface area (Å²) in [4.78, 5) is 20.0. The van der Waals surface area contributed by atoms with Gasteiger partial charge in [-0.05, 0) is 94.3 Å². The normalized spacial score (nSPS) is 14.7. The van der Waals surface area contributed by atoms with Gasteiger partial charge in [0.1, 0.15) is 5.82 Å². The van der Waals surface area contributed by atoms with E-state index in [4.69, 9.17) is 10.1 Å². The molecule has 1 aliphatic rings. The number of halogens is 1. The molecule has 1 fully saturated rings. The van der Waals surface area contributed by atoms with E-state index in [9.17, 15) is 9.18 Å². The molecule has 6 nitrogen and oxygen atoms in total. The molecule has 0 atom stereocenters. The van der Waals surface area contributed by atoms with Crippen LogP contribution in [0.2, 0.25) is 0 Å². The van der Waals surface area contributed by atoms with Gasteiger partial charge in [-0.1, -0.05) is 42.5 Å². The van der Waals surface area contributed by atoms with Crippen molar-refractivity contribution >= 4 is 11.6 Å². The van der Waals surface area contributed by atoms with Crippen LogP contribution in [0.1, 0.15) is 47.5 Å². The van der Waals surface area contributed by atoms with Gasteiger partial charge in [0.25, 0.3) is 0 Å². The fraction of sp³-hybridized carbons (Fsp3) is 0.406. The number of nitrogens with zero attached hydrogens (tertiary/aromatic N) is 4. The molecular weight excluding hydrogens is 489 g/mol. The Kier molecular flexibility index (Phi) is 8.36. The zero-order valence-electron chi connectivity index (χ0n) is 23.2. The van der Waals surface area contributed by atoms with Gasteiger partial charge in [-0.15, -0.1) is 0 Å².